The van der Waals surface area contributed by atoms with Crippen LogP contribution in [0.2, 0.25) is 0 Å². The number of aliphatic imine (C=N–C) groups is 1. The minimum absolute atomic E-state index is 0.00472. The van der Waals surface area contributed by atoms with Crippen LogP contribution in [0.5, 0.6) is 5.75 Å². The summed E-state index contributed by atoms with van der Waals surface area (Å²) in [5.41, 5.74) is 4.61. The summed E-state index contributed by atoms with van der Waals surface area (Å²) in [5.74, 6) is -0.317. The molecular weight excluding hydrogens is 485 g/mol. The first-order chi connectivity index (χ1) is 16.3. The number of rotatable bonds is 8. The van der Waals surface area contributed by atoms with Gasteiger partial charge < -0.3 is 15.4 Å². The molecule has 0 amide bonds. The molecule has 1 heterocycles. The highest BCUT2D eigenvalue weighted by atomic mass is 32.1. The van der Waals surface area contributed by atoms with Gasteiger partial charge in [-0.2, -0.15) is 5.10 Å². The second kappa shape index (κ2) is 11.9. The van der Waals surface area contributed by atoms with Gasteiger partial charge in [-0.3, -0.25) is 10.8 Å². The number of amidine groups is 1. The van der Waals surface area contributed by atoms with Crippen LogP contribution in [-0.4, -0.2) is 29.9 Å². The molecule has 3 rings (SSSR count). The average molecular weight is 505 g/mol. The lowest BCUT2D eigenvalue weighted by atomic mass is 10.1. The van der Waals surface area contributed by atoms with Crippen molar-refractivity contribution in [2.75, 3.05) is 5.32 Å². The van der Waals surface area contributed by atoms with Crippen LogP contribution in [0.25, 0.3) is 0 Å². The van der Waals surface area contributed by atoms with Crippen molar-refractivity contribution in [1.82, 2.24) is 10.7 Å². The van der Waals surface area contributed by atoms with Crippen molar-refractivity contribution in [2.24, 2.45) is 10.1 Å². The minimum Gasteiger partial charge on any atom is -0.406 e. The van der Waals surface area contributed by atoms with E-state index >= 15 is 0 Å². The van der Waals surface area contributed by atoms with Gasteiger partial charge in [-0.15, -0.1) is 24.5 Å². The number of alkyl halides is 3. The fourth-order valence-corrected chi connectivity index (χ4v) is 3.28. The smallest absolute Gasteiger partial charge is 0.406 e. The summed E-state index contributed by atoms with van der Waals surface area (Å²) in [4.78, 5) is 5.16. The summed E-state index contributed by atoms with van der Waals surface area (Å²) in [6, 6.07) is 16.1. The van der Waals surface area contributed by atoms with Gasteiger partial charge in [0.15, 0.2) is 10.9 Å². The number of benzene rings is 2. The predicted octanol–water partition coefficient (Wildman–Crippen LogP) is 5.11. The number of anilines is 1. The SMILES string of the molecule is N=C(/N=C\Nc1ccc(OC(F)(F)F)cc1)c1ccc(/C=N/NC(=S)NCc2cccs2)cc1. The molecule has 0 unspecified atom stereocenters. The lowest BCUT2D eigenvalue weighted by Gasteiger charge is -2.09. The first-order valence-electron chi connectivity index (χ1n) is 9.72. The molecule has 2 aromatic carbocycles. The largest absolute Gasteiger partial charge is 0.573 e. The van der Waals surface area contributed by atoms with E-state index in [0.717, 1.165) is 10.4 Å². The molecule has 0 radical (unpaired) electrons. The van der Waals surface area contributed by atoms with Crippen LogP contribution in [0.1, 0.15) is 16.0 Å². The molecule has 3 aromatic rings. The van der Waals surface area contributed by atoms with Crippen LogP contribution in [0, 0.1) is 5.41 Å². The number of hydrogen-bond acceptors (Lipinski definition) is 5. The Morgan fingerprint density at radius 2 is 1.82 bits per heavy atom. The number of nitrogens with zero attached hydrogens (tertiary/aromatic N) is 2. The minimum atomic E-state index is -4.74. The normalized spacial score (nSPS) is 11.5. The predicted molar refractivity (Wildman–Crippen MR) is 133 cm³/mol. The van der Waals surface area contributed by atoms with Crippen molar-refractivity contribution >= 4 is 52.7 Å². The maximum atomic E-state index is 12.2. The number of hydrazone groups is 1. The third-order valence-corrected chi connectivity index (χ3v) is 5.19. The summed E-state index contributed by atoms with van der Waals surface area (Å²) >= 11 is 6.80. The Balaban J connectivity index is 1.43. The number of ether oxygens (including phenoxy) is 1. The first-order valence-corrected chi connectivity index (χ1v) is 11.0. The third kappa shape index (κ3) is 8.64. The highest BCUT2D eigenvalue weighted by molar-refractivity contribution is 7.80. The number of thiophene rings is 1. The third-order valence-electron chi connectivity index (χ3n) is 4.08. The molecule has 34 heavy (non-hydrogen) atoms. The Morgan fingerprint density at radius 1 is 1.09 bits per heavy atom. The zero-order valence-corrected chi connectivity index (χ0v) is 19.1. The molecule has 0 aliphatic rings. The monoisotopic (exact) mass is 504 g/mol. The maximum absolute atomic E-state index is 12.2. The van der Waals surface area contributed by atoms with E-state index in [0.29, 0.717) is 22.9 Å². The van der Waals surface area contributed by atoms with Gasteiger partial charge in [-0.1, -0.05) is 30.3 Å². The molecular formula is C22H19F3N6OS2. The zero-order chi connectivity index (χ0) is 24.4. The maximum Gasteiger partial charge on any atom is 0.573 e. The van der Waals surface area contributed by atoms with Gasteiger partial charge in [0, 0.05) is 16.1 Å². The Kier molecular flexibility index (Phi) is 8.71. The van der Waals surface area contributed by atoms with Crippen molar-refractivity contribution in [1.29, 1.82) is 5.41 Å². The summed E-state index contributed by atoms with van der Waals surface area (Å²) in [5, 5.41) is 20.4. The van der Waals surface area contributed by atoms with Crippen molar-refractivity contribution < 1.29 is 17.9 Å². The van der Waals surface area contributed by atoms with Crippen LogP contribution in [0.3, 0.4) is 0 Å². The van der Waals surface area contributed by atoms with Gasteiger partial charge in [0.2, 0.25) is 0 Å². The average Bonchev–Trinajstić information content (AvgIpc) is 3.32. The number of nitrogens with one attached hydrogen (secondary N) is 4. The summed E-state index contributed by atoms with van der Waals surface area (Å²) in [6.45, 7) is 0.628. The van der Waals surface area contributed by atoms with E-state index in [9.17, 15) is 13.2 Å². The van der Waals surface area contributed by atoms with Crippen LogP contribution >= 0.6 is 23.6 Å². The lowest BCUT2D eigenvalue weighted by molar-refractivity contribution is -0.274. The van der Waals surface area contributed by atoms with E-state index in [1.165, 1.54) is 30.6 Å². The van der Waals surface area contributed by atoms with E-state index in [2.05, 4.69) is 30.9 Å². The van der Waals surface area contributed by atoms with Gasteiger partial charge >= 0.3 is 6.36 Å². The van der Waals surface area contributed by atoms with Crippen LogP contribution < -0.4 is 20.8 Å². The second-order valence-corrected chi connectivity index (χ2v) is 8.02. The molecule has 0 spiro atoms. The molecule has 0 saturated carbocycles. The molecule has 0 fully saturated rings. The molecule has 7 nitrogen and oxygen atoms in total. The van der Waals surface area contributed by atoms with E-state index in [1.54, 1.807) is 41.8 Å². The Hall–Kier alpha value is -3.77. The topological polar surface area (TPSA) is 93.9 Å². The second-order valence-electron chi connectivity index (χ2n) is 6.58. The van der Waals surface area contributed by atoms with Crippen LogP contribution in [0.4, 0.5) is 18.9 Å². The van der Waals surface area contributed by atoms with E-state index in [-0.39, 0.29) is 11.6 Å². The molecule has 0 aliphatic heterocycles. The van der Waals surface area contributed by atoms with E-state index in [1.807, 2.05) is 17.5 Å². The molecule has 1 aromatic heterocycles. The van der Waals surface area contributed by atoms with Gasteiger partial charge in [0.1, 0.15) is 5.75 Å². The number of hydrogen-bond donors (Lipinski definition) is 4. The Labute approximate surface area is 202 Å². The van der Waals surface area contributed by atoms with Crippen molar-refractivity contribution in [3.05, 3.63) is 82.0 Å². The molecule has 12 heteroatoms. The van der Waals surface area contributed by atoms with Crippen LogP contribution in [-0.2, 0) is 6.54 Å². The molecule has 176 valence electrons. The fraction of sp³-hybridized carbons (Fsp3) is 0.0909. The quantitative estimate of drug-likeness (QED) is 0.148. The van der Waals surface area contributed by atoms with Crippen molar-refractivity contribution in [2.45, 2.75) is 12.9 Å². The van der Waals surface area contributed by atoms with Crippen molar-refractivity contribution in [3.63, 3.8) is 0 Å². The summed E-state index contributed by atoms with van der Waals surface area (Å²) < 4.78 is 40.4. The van der Waals surface area contributed by atoms with Gasteiger partial charge in [0.05, 0.1) is 19.1 Å². The molecule has 4 N–H and O–H groups in total. The Morgan fingerprint density at radius 3 is 2.47 bits per heavy atom. The number of halogens is 3. The first kappa shape index (κ1) is 24.9. The molecule has 0 atom stereocenters. The molecule has 0 aliphatic carbocycles. The van der Waals surface area contributed by atoms with Crippen LogP contribution in [0.15, 0.2) is 76.1 Å². The van der Waals surface area contributed by atoms with Gasteiger partial charge in [0.25, 0.3) is 0 Å². The molecule has 0 bridgehead atoms. The highest BCUT2D eigenvalue weighted by Crippen LogP contribution is 2.23. The molecule has 0 saturated heterocycles. The Bertz CT molecular complexity index is 1140. The van der Waals surface area contributed by atoms with Crippen molar-refractivity contribution in [3.8, 4) is 5.75 Å². The van der Waals surface area contributed by atoms with Gasteiger partial charge in [-0.25, -0.2) is 4.99 Å². The highest BCUT2D eigenvalue weighted by Gasteiger charge is 2.30. The standard InChI is InChI=1S/C22H19F3N6OS2/c23-22(24,25)32-18-9-7-17(8-10-18)28-14-29-20(26)16-5-3-15(4-6-16)12-30-31-21(33)27-13-19-2-1-11-34-19/h1-12,14H,13H2,(H2,26,28,29)(H2,27,31,33)/b30-12+. The van der Waals surface area contributed by atoms with E-state index in [4.69, 9.17) is 17.6 Å². The summed E-state index contributed by atoms with van der Waals surface area (Å²) in [6.07, 6.45) is -1.85. The summed E-state index contributed by atoms with van der Waals surface area (Å²) in [7, 11) is 0. The fourth-order valence-electron chi connectivity index (χ4n) is 2.51. The zero-order valence-electron chi connectivity index (χ0n) is 17.5. The van der Waals surface area contributed by atoms with E-state index < -0.39 is 6.36 Å². The number of thiocarbonyl (C=S) groups is 1. The lowest BCUT2D eigenvalue weighted by Crippen LogP contribution is -2.31. The van der Waals surface area contributed by atoms with Gasteiger partial charge in [-0.05, 0) is 53.5 Å².